The molecule has 0 aliphatic carbocycles. The number of esters is 1. The number of likely N-dealkylation sites (tertiary alicyclic amines) is 1. The summed E-state index contributed by atoms with van der Waals surface area (Å²) in [6.45, 7) is 0.899. The molecule has 2 aliphatic rings. The van der Waals surface area contributed by atoms with Crippen molar-refractivity contribution in [3.05, 3.63) is 30.3 Å². The molecule has 158 valence electrons. The summed E-state index contributed by atoms with van der Waals surface area (Å²) in [5.41, 5.74) is 0.828. The summed E-state index contributed by atoms with van der Waals surface area (Å²) in [5, 5.41) is 12.2. The number of ether oxygens (including phenoxy) is 2. The first-order valence-corrected chi connectivity index (χ1v) is 9.70. The highest BCUT2D eigenvalue weighted by molar-refractivity contribution is 5.84. The van der Waals surface area contributed by atoms with Crippen LogP contribution in [0.2, 0.25) is 0 Å². The molecular formula is C19H22N6O5. The fraction of sp³-hybridized carbons (Fsp3) is 0.474. The molecule has 1 atom stereocenters. The Hall–Kier alpha value is -3.50. The molecule has 2 saturated heterocycles. The van der Waals surface area contributed by atoms with E-state index in [0.29, 0.717) is 31.8 Å². The number of piperidine rings is 1. The number of amides is 2. The van der Waals surface area contributed by atoms with Crippen molar-refractivity contribution in [2.75, 3.05) is 26.8 Å². The highest BCUT2D eigenvalue weighted by Crippen LogP contribution is 2.24. The first kappa shape index (κ1) is 19.8. The van der Waals surface area contributed by atoms with E-state index in [1.165, 1.54) is 16.8 Å². The Kier molecular flexibility index (Phi) is 5.59. The Bertz CT molecular complexity index is 925. The first-order valence-electron chi connectivity index (χ1n) is 9.70. The average molecular weight is 414 g/mol. The van der Waals surface area contributed by atoms with Crippen LogP contribution >= 0.6 is 0 Å². The standard InChI is InChI=1S/C19H22N6O5/c1-29-18(27)15-12-30-19(28)25(15)14-7-9-23(10-8-14)16(26)11-24-21-17(20-22-24)13-5-3-2-4-6-13/h2-6,14-15H,7-12H2,1H3. The molecule has 4 rings (SSSR count). The van der Waals surface area contributed by atoms with Gasteiger partial charge in [-0.15, -0.1) is 10.2 Å². The van der Waals surface area contributed by atoms with Gasteiger partial charge in [0.05, 0.1) is 7.11 Å². The average Bonchev–Trinajstić information content (AvgIpc) is 3.40. The Balaban J connectivity index is 1.33. The monoisotopic (exact) mass is 414 g/mol. The molecular weight excluding hydrogens is 392 g/mol. The third-order valence-corrected chi connectivity index (χ3v) is 5.36. The van der Waals surface area contributed by atoms with Crippen molar-refractivity contribution in [1.82, 2.24) is 30.0 Å². The van der Waals surface area contributed by atoms with Gasteiger partial charge in [-0.2, -0.15) is 4.80 Å². The van der Waals surface area contributed by atoms with Crippen molar-refractivity contribution in [2.45, 2.75) is 31.5 Å². The quantitative estimate of drug-likeness (QED) is 0.642. The number of tetrazole rings is 1. The molecule has 0 N–H and O–H groups in total. The van der Waals surface area contributed by atoms with Gasteiger partial charge in [0, 0.05) is 24.7 Å². The smallest absolute Gasteiger partial charge is 0.410 e. The van der Waals surface area contributed by atoms with Crippen molar-refractivity contribution in [1.29, 1.82) is 0 Å². The van der Waals surface area contributed by atoms with Crippen molar-refractivity contribution in [3.63, 3.8) is 0 Å². The van der Waals surface area contributed by atoms with Crippen LogP contribution in [0.1, 0.15) is 12.8 Å². The predicted molar refractivity (Wildman–Crippen MR) is 102 cm³/mol. The van der Waals surface area contributed by atoms with Crippen LogP contribution in [0.25, 0.3) is 11.4 Å². The zero-order valence-electron chi connectivity index (χ0n) is 16.5. The van der Waals surface area contributed by atoms with E-state index in [2.05, 4.69) is 15.4 Å². The van der Waals surface area contributed by atoms with Crippen molar-refractivity contribution < 1.29 is 23.9 Å². The number of hydrogen-bond acceptors (Lipinski definition) is 8. The highest BCUT2D eigenvalue weighted by Gasteiger charge is 2.44. The maximum Gasteiger partial charge on any atom is 0.410 e. The number of carbonyl (C=O) groups excluding carboxylic acids is 3. The van der Waals surface area contributed by atoms with Gasteiger partial charge in [-0.1, -0.05) is 30.3 Å². The van der Waals surface area contributed by atoms with Crippen LogP contribution in [0.5, 0.6) is 0 Å². The highest BCUT2D eigenvalue weighted by atomic mass is 16.6. The fourth-order valence-corrected chi connectivity index (χ4v) is 3.78. The minimum atomic E-state index is -0.731. The van der Waals surface area contributed by atoms with Gasteiger partial charge in [-0.3, -0.25) is 9.69 Å². The first-order chi connectivity index (χ1) is 14.6. The summed E-state index contributed by atoms with van der Waals surface area (Å²) in [5.74, 6) is -0.159. The second-order valence-electron chi connectivity index (χ2n) is 7.14. The zero-order chi connectivity index (χ0) is 21.1. The number of cyclic esters (lactones) is 1. The molecule has 30 heavy (non-hydrogen) atoms. The minimum absolute atomic E-state index is 0.00757. The van der Waals surface area contributed by atoms with Gasteiger partial charge in [0.2, 0.25) is 11.7 Å². The van der Waals surface area contributed by atoms with E-state index in [4.69, 9.17) is 9.47 Å². The lowest BCUT2D eigenvalue weighted by Gasteiger charge is -2.37. The van der Waals surface area contributed by atoms with E-state index < -0.39 is 18.1 Å². The third kappa shape index (κ3) is 3.95. The minimum Gasteiger partial charge on any atom is -0.467 e. The van der Waals surface area contributed by atoms with E-state index in [0.717, 1.165) is 5.56 Å². The summed E-state index contributed by atoms with van der Waals surface area (Å²) in [4.78, 5) is 41.0. The normalized spacial score (nSPS) is 19.6. The second-order valence-corrected chi connectivity index (χ2v) is 7.14. The van der Waals surface area contributed by atoms with Crippen LogP contribution in [0, 0.1) is 0 Å². The van der Waals surface area contributed by atoms with Crippen molar-refractivity contribution in [3.8, 4) is 11.4 Å². The van der Waals surface area contributed by atoms with Crippen LogP contribution < -0.4 is 0 Å². The van der Waals surface area contributed by atoms with E-state index in [9.17, 15) is 14.4 Å². The van der Waals surface area contributed by atoms with Gasteiger partial charge in [0.1, 0.15) is 13.2 Å². The summed E-state index contributed by atoms with van der Waals surface area (Å²) in [6, 6.07) is 8.50. The van der Waals surface area contributed by atoms with Crippen molar-refractivity contribution in [2.24, 2.45) is 0 Å². The molecule has 1 aromatic carbocycles. The Morgan fingerprint density at radius 1 is 1.20 bits per heavy atom. The zero-order valence-corrected chi connectivity index (χ0v) is 16.5. The molecule has 3 heterocycles. The van der Waals surface area contributed by atoms with Gasteiger partial charge >= 0.3 is 12.1 Å². The molecule has 2 amide bonds. The van der Waals surface area contributed by atoms with E-state index in [1.807, 2.05) is 30.3 Å². The summed E-state index contributed by atoms with van der Waals surface area (Å²) >= 11 is 0. The third-order valence-electron chi connectivity index (χ3n) is 5.36. The number of hydrogen-bond donors (Lipinski definition) is 0. The fourth-order valence-electron chi connectivity index (χ4n) is 3.78. The molecule has 0 saturated carbocycles. The summed E-state index contributed by atoms with van der Waals surface area (Å²) < 4.78 is 9.79. The molecule has 2 aromatic rings. The number of benzene rings is 1. The molecule has 1 unspecified atom stereocenters. The largest absolute Gasteiger partial charge is 0.467 e. The van der Waals surface area contributed by atoms with Gasteiger partial charge < -0.3 is 14.4 Å². The van der Waals surface area contributed by atoms with Gasteiger partial charge in [0.15, 0.2) is 6.04 Å². The topological polar surface area (TPSA) is 120 Å². The van der Waals surface area contributed by atoms with Crippen LogP contribution in [0.3, 0.4) is 0 Å². The summed E-state index contributed by atoms with van der Waals surface area (Å²) in [6.07, 6.45) is 0.582. The Morgan fingerprint density at radius 2 is 1.93 bits per heavy atom. The molecule has 0 spiro atoms. The van der Waals surface area contributed by atoms with E-state index in [1.54, 1.807) is 4.90 Å². The maximum atomic E-state index is 12.6. The van der Waals surface area contributed by atoms with E-state index in [-0.39, 0.29) is 25.1 Å². The Morgan fingerprint density at radius 3 is 2.63 bits per heavy atom. The lowest BCUT2D eigenvalue weighted by atomic mass is 10.0. The molecule has 11 nitrogen and oxygen atoms in total. The molecule has 0 radical (unpaired) electrons. The number of methoxy groups -OCH3 is 1. The van der Waals surface area contributed by atoms with Crippen LogP contribution in [0.4, 0.5) is 4.79 Å². The lowest BCUT2D eigenvalue weighted by molar-refractivity contribution is -0.146. The lowest BCUT2D eigenvalue weighted by Crippen LogP contribution is -2.52. The molecule has 2 aliphatic heterocycles. The molecule has 0 bridgehead atoms. The SMILES string of the molecule is COC(=O)C1COC(=O)N1C1CCN(C(=O)Cn2nnc(-c3ccccc3)n2)CC1. The van der Waals surface area contributed by atoms with Gasteiger partial charge in [-0.25, -0.2) is 9.59 Å². The van der Waals surface area contributed by atoms with Crippen LogP contribution in [-0.2, 0) is 25.6 Å². The van der Waals surface area contributed by atoms with Crippen LogP contribution in [-0.4, -0.2) is 86.9 Å². The van der Waals surface area contributed by atoms with Gasteiger partial charge in [-0.05, 0) is 18.1 Å². The summed E-state index contributed by atoms with van der Waals surface area (Å²) in [7, 11) is 1.28. The second kappa shape index (κ2) is 8.47. The van der Waals surface area contributed by atoms with Gasteiger partial charge in [0.25, 0.3) is 0 Å². The number of rotatable bonds is 5. The predicted octanol–water partition coefficient (Wildman–Crippen LogP) is 0.325. The molecule has 11 heteroatoms. The number of carbonyl (C=O) groups is 3. The molecule has 2 fully saturated rings. The maximum absolute atomic E-state index is 12.6. The van der Waals surface area contributed by atoms with Crippen molar-refractivity contribution >= 4 is 18.0 Å². The van der Waals surface area contributed by atoms with Crippen LogP contribution in [0.15, 0.2) is 30.3 Å². The Labute approximate surface area is 172 Å². The number of nitrogens with zero attached hydrogens (tertiary/aromatic N) is 6. The number of aromatic nitrogens is 4. The van der Waals surface area contributed by atoms with E-state index >= 15 is 0 Å². The molecule has 1 aromatic heterocycles.